The summed E-state index contributed by atoms with van der Waals surface area (Å²) >= 11 is 3.21. The second-order valence-electron chi connectivity index (χ2n) is 4.28. The molecule has 4 heteroatoms. The molecule has 3 nitrogen and oxygen atoms in total. The molecule has 0 fully saturated rings. The fraction of sp³-hybridized carbons (Fsp3) is 0.133. The lowest BCUT2D eigenvalue weighted by Gasteiger charge is -2.06. The number of benzene rings is 1. The molecule has 0 atom stereocenters. The number of hydrogen-bond acceptors (Lipinski definition) is 2. The van der Waals surface area contributed by atoms with Gasteiger partial charge >= 0.3 is 0 Å². The highest BCUT2D eigenvalue weighted by Crippen LogP contribution is 2.17. The number of furan rings is 1. The molecule has 1 heterocycles. The molecule has 0 unspecified atom stereocenters. The predicted octanol–water partition coefficient (Wildman–Crippen LogP) is 4.31. The van der Waals surface area contributed by atoms with Crippen LogP contribution in [-0.2, 0) is 4.79 Å². The summed E-state index contributed by atoms with van der Waals surface area (Å²) in [6, 6.07) is 9.46. The lowest BCUT2D eigenvalue weighted by atomic mass is 10.1. The van der Waals surface area contributed by atoms with Crippen LogP contribution in [0, 0.1) is 13.8 Å². The van der Waals surface area contributed by atoms with Crippen molar-refractivity contribution in [3.63, 3.8) is 0 Å². The highest BCUT2D eigenvalue weighted by Gasteiger charge is 2.02. The quantitative estimate of drug-likeness (QED) is 0.856. The molecule has 1 aromatic carbocycles. The van der Waals surface area contributed by atoms with Gasteiger partial charge in [0, 0.05) is 11.8 Å². The van der Waals surface area contributed by atoms with Gasteiger partial charge in [-0.2, -0.15) is 0 Å². The minimum absolute atomic E-state index is 0.181. The van der Waals surface area contributed by atoms with Gasteiger partial charge in [0.25, 0.3) is 0 Å². The molecule has 0 radical (unpaired) electrons. The van der Waals surface area contributed by atoms with Crippen molar-refractivity contribution < 1.29 is 9.21 Å². The molecule has 1 aromatic heterocycles. The van der Waals surface area contributed by atoms with E-state index in [1.165, 1.54) is 11.6 Å². The molecule has 19 heavy (non-hydrogen) atoms. The maximum atomic E-state index is 11.8. The number of nitrogens with one attached hydrogen (secondary N) is 1. The molecule has 1 N–H and O–H groups in total. The lowest BCUT2D eigenvalue weighted by molar-refractivity contribution is -0.111. The largest absolute Gasteiger partial charge is 0.450 e. The summed E-state index contributed by atoms with van der Waals surface area (Å²) in [7, 11) is 0. The van der Waals surface area contributed by atoms with E-state index in [-0.39, 0.29) is 5.91 Å². The number of rotatable bonds is 3. The summed E-state index contributed by atoms with van der Waals surface area (Å²) in [6.45, 7) is 3.99. The molecule has 0 aliphatic rings. The molecular weight excluding hydrogens is 306 g/mol. The van der Waals surface area contributed by atoms with E-state index < -0.39 is 0 Å². The molecule has 0 spiro atoms. The Labute approximate surface area is 120 Å². The van der Waals surface area contributed by atoms with Gasteiger partial charge in [-0.05, 0) is 59.6 Å². The molecule has 0 saturated heterocycles. The Morgan fingerprint density at radius 3 is 2.68 bits per heavy atom. The Kier molecular flexibility index (Phi) is 4.22. The summed E-state index contributed by atoms with van der Waals surface area (Å²) in [5, 5.41) is 2.84. The van der Waals surface area contributed by atoms with Gasteiger partial charge in [-0.15, -0.1) is 0 Å². The zero-order valence-electron chi connectivity index (χ0n) is 10.7. The van der Waals surface area contributed by atoms with Crippen LogP contribution in [-0.4, -0.2) is 5.91 Å². The number of halogens is 1. The minimum Gasteiger partial charge on any atom is -0.450 e. The van der Waals surface area contributed by atoms with Gasteiger partial charge in [0.15, 0.2) is 4.67 Å². The number of amides is 1. The fourth-order valence-corrected chi connectivity index (χ4v) is 2.02. The summed E-state index contributed by atoms with van der Waals surface area (Å²) in [6.07, 6.45) is 3.08. The van der Waals surface area contributed by atoms with E-state index in [2.05, 4.69) is 21.2 Å². The van der Waals surface area contributed by atoms with Crippen molar-refractivity contribution in [1.82, 2.24) is 0 Å². The smallest absolute Gasteiger partial charge is 0.248 e. The predicted molar refractivity (Wildman–Crippen MR) is 80.0 cm³/mol. The number of carbonyl (C=O) groups excluding carboxylic acids is 1. The van der Waals surface area contributed by atoms with Crippen molar-refractivity contribution in [2.45, 2.75) is 13.8 Å². The molecule has 0 bridgehead atoms. The summed E-state index contributed by atoms with van der Waals surface area (Å²) in [5.41, 5.74) is 3.04. The van der Waals surface area contributed by atoms with Gasteiger partial charge in [-0.25, -0.2) is 0 Å². The van der Waals surface area contributed by atoms with Crippen LogP contribution in [0.1, 0.15) is 16.9 Å². The highest BCUT2D eigenvalue weighted by molar-refractivity contribution is 9.10. The maximum absolute atomic E-state index is 11.8. The summed E-state index contributed by atoms with van der Waals surface area (Å²) in [5.74, 6) is 0.446. The van der Waals surface area contributed by atoms with Crippen LogP contribution in [0.3, 0.4) is 0 Å². The molecule has 0 saturated carbocycles. The van der Waals surface area contributed by atoms with E-state index in [4.69, 9.17) is 4.42 Å². The maximum Gasteiger partial charge on any atom is 0.248 e. The van der Waals surface area contributed by atoms with E-state index >= 15 is 0 Å². The third-order valence-corrected chi connectivity index (χ3v) is 3.06. The first kappa shape index (κ1) is 13.6. The van der Waals surface area contributed by atoms with Crippen LogP contribution >= 0.6 is 15.9 Å². The molecule has 2 rings (SSSR count). The monoisotopic (exact) mass is 319 g/mol. The lowest BCUT2D eigenvalue weighted by Crippen LogP contribution is -2.08. The van der Waals surface area contributed by atoms with Gasteiger partial charge in [0.2, 0.25) is 5.91 Å². The van der Waals surface area contributed by atoms with Gasteiger partial charge < -0.3 is 9.73 Å². The SMILES string of the molecule is Cc1ccc(NC(=O)/C=C/c2ccc(Br)o2)c(C)c1. The second kappa shape index (κ2) is 5.89. The van der Waals surface area contributed by atoms with E-state index in [0.29, 0.717) is 10.4 Å². The van der Waals surface area contributed by atoms with Gasteiger partial charge in [0.05, 0.1) is 0 Å². The van der Waals surface area contributed by atoms with Crippen LogP contribution in [0.15, 0.2) is 45.5 Å². The van der Waals surface area contributed by atoms with E-state index in [9.17, 15) is 4.79 Å². The normalized spacial score (nSPS) is 10.9. The molecule has 0 aliphatic carbocycles. The Hall–Kier alpha value is -1.81. The topological polar surface area (TPSA) is 42.2 Å². The highest BCUT2D eigenvalue weighted by atomic mass is 79.9. The van der Waals surface area contributed by atoms with Crippen molar-refractivity contribution in [2.24, 2.45) is 0 Å². The van der Waals surface area contributed by atoms with E-state index in [1.807, 2.05) is 32.0 Å². The van der Waals surface area contributed by atoms with Crippen molar-refractivity contribution >= 4 is 33.6 Å². The molecule has 2 aromatic rings. The van der Waals surface area contributed by atoms with Gasteiger partial charge in [-0.3, -0.25) is 4.79 Å². The third-order valence-electron chi connectivity index (χ3n) is 2.63. The van der Waals surface area contributed by atoms with E-state index in [1.54, 1.807) is 18.2 Å². The Bertz CT molecular complexity index is 629. The zero-order valence-corrected chi connectivity index (χ0v) is 12.3. The van der Waals surface area contributed by atoms with Crippen LogP contribution < -0.4 is 5.32 Å². The first-order valence-corrected chi connectivity index (χ1v) is 6.65. The first-order valence-electron chi connectivity index (χ1n) is 5.86. The summed E-state index contributed by atoms with van der Waals surface area (Å²) < 4.78 is 5.91. The summed E-state index contributed by atoms with van der Waals surface area (Å²) in [4.78, 5) is 11.8. The minimum atomic E-state index is -0.181. The van der Waals surface area contributed by atoms with Crippen molar-refractivity contribution in [3.8, 4) is 0 Å². The van der Waals surface area contributed by atoms with Crippen LogP contribution in [0.5, 0.6) is 0 Å². The molecule has 1 amide bonds. The number of aryl methyl sites for hydroxylation is 2. The van der Waals surface area contributed by atoms with Crippen molar-refractivity contribution in [2.75, 3.05) is 5.32 Å². The van der Waals surface area contributed by atoms with Crippen molar-refractivity contribution in [3.05, 3.63) is 58.0 Å². The average Bonchev–Trinajstić information content (AvgIpc) is 2.76. The Morgan fingerprint density at radius 1 is 1.26 bits per heavy atom. The Morgan fingerprint density at radius 2 is 2.05 bits per heavy atom. The zero-order chi connectivity index (χ0) is 13.8. The fourth-order valence-electron chi connectivity index (χ4n) is 1.70. The molecule has 98 valence electrons. The second-order valence-corrected chi connectivity index (χ2v) is 5.06. The van der Waals surface area contributed by atoms with Gasteiger partial charge in [-0.1, -0.05) is 17.7 Å². The Balaban J connectivity index is 2.03. The third kappa shape index (κ3) is 3.83. The first-order chi connectivity index (χ1) is 9.04. The van der Waals surface area contributed by atoms with Crippen molar-refractivity contribution in [1.29, 1.82) is 0 Å². The molecular formula is C15H14BrNO2. The van der Waals surface area contributed by atoms with Crippen LogP contribution in [0.4, 0.5) is 5.69 Å². The van der Waals surface area contributed by atoms with E-state index in [0.717, 1.165) is 11.3 Å². The number of carbonyl (C=O) groups is 1. The van der Waals surface area contributed by atoms with Crippen LogP contribution in [0.25, 0.3) is 6.08 Å². The standard InChI is InChI=1S/C15H14BrNO2/c1-10-3-6-13(11(2)9-10)17-15(18)8-5-12-4-7-14(16)19-12/h3-9H,1-2H3,(H,17,18)/b8-5+. The van der Waals surface area contributed by atoms with Gasteiger partial charge in [0.1, 0.15) is 5.76 Å². The average molecular weight is 320 g/mol. The number of hydrogen-bond donors (Lipinski definition) is 1. The van der Waals surface area contributed by atoms with Crippen LogP contribution in [0.2, 0.25) is 0 Å². The molecule has 0 aliphatic heterocycles. The number of anilines is 1.